The number of aliphatic hydroxyl groups is 1. The highest BCUT2D eigenvalue weighted by molar-refractivity contribution is 5.94. The molecule has 0 saturated heterocycles. The minimum absolute atomic E-state index is 0.207. The Balaban J connectivity index is 1.69. The van der Waals surface area contributed by atoms with Gasteiger partial charge in [0.1, 0.15) is 0 Å². The average Bonchev–Trinajstić information content (AvgIpc) is 3.21. The lowest BCUT2D eigenvalue weighted by atomic mass is 10.0. The number of carboxylic acid groups (broad SMARTS) is 1. The fraction of sp³-hybridized carbons (Fsp3) is 0.190. The molecule has 1 heterocycles. The van der Waals surface area contributed by atoms with E-state index in [4.69, 9.17) is 5.11 Å². The number of hydrogen-bond acceptors (Lipinski definition) is 4. The number of carbonyl (C=O) groups excluding carboxylic acids is 1. The fourth-order valence-electron chi connectivity index (χ4n) is 2.89. The standard InChI is InChI=1S/C21H21N3O4/c25-19(21(27)28)18(12-15-4-2-1-3-5-15)23-20(26)17-8-6-16(7-9-17)13-24-11-10-22-14-24/h1-11,14,18-19,25H,12-13H2,(H,23,26)(H,27,28)/t18-,19-/m1/s1. The molecule has 1 amide bonds. The van der Waals surface area contributed by atoms with Gasteiger partial charge in [-0.25, -0.2) is 9.78 Å². The monoisotopic (exact) mass is 379 g/mol. The Morgan fingerprint density at radius 2 is 1.75 bits per heavy atom. The quantitative estimate of drug-likeness (QED) is 0.553. The third kappa shape index (κ3) is 5.05. The number of nitrogens with zero attached hydrogens (tertiary/aromatic N) is 2. The first-order chi connectivity index (χ1) is 13.5. The molecule has 1 aromatic heterocycles. The first-order valence-corrected chi connectivity index (χ1v) is 8.83. The predicted octanol–water partition coefficient (Wildman–Crippen LogP) is 1.72. The Labute approximate surface area is 162 Å². The van der Waals surface area contributed by atoms with Crippen LogP contribution in [0.15, 0.2) is 73.3 Å². The fourth-order valence-corrected chi connectivity index (χ4v) is 2.89. The number of carboxylic acids is 1. The van der Waals surface area contributed by atoms with Crippen LogP contribution >= 0.6 is 0 Å². The zero-order valence-electron chi connectivity index (χ0n) is 15.1. The van der Waals surface area contributed by atoms with E-state index in [2.05, 4.69) is 10.3 Å². The molecule has 0 aliphatic carbocycles. The highest BCUT2D eigenvalue weighted by Gasteiger charge is 2.27. The molecule has 7 heteroatoms. The van der Waals surface area contributed by atoms with Gasteiger partial charge in [-0.2, -0.15) is 0 Å². The summed E-state index contributed by atoms with van der Waals surface area (Å²) < 4.78 is 1.91. The molecular weight excluding hydrogens is 358 g/mol. The normalized spacial score (nSPS) is 12.9. The Morgan fingerprint density at radius 3 is 2.36 bits per heavy atom. The molecule has 0 aliphatic rings. The lowest BCUT2D eigenvalue weighted by Crippen LogP contribution is -2.48. The Morgan fingerprint density at radius 1 is 1.04 bits per heavy atom. The number of amides is 1. The second-order valence-electron chi connectivity index (χ2n) is 6.48. The average molecular weight is 379 g/mol. The van der Waals surface area contributed by atoms with E-state index in [1.54, 1.807) is 24.7 Å². The van der Waals surface area contributed by atoms with Gasteiger partial charge in [0.2, 0.25) is 0 Å². The van der Waals surface area contributed by atoms with Crippen LogP contribution in [0, 0.1) is 0 Å². The van der Waals surface area contributed by atoms with Crippen LogP contribution in [-0.2, 0) is 17.8 Å². The van der Waals surface area contributed by atoms with Crippen molar-refractivity contribution in [2.24, 2.45) is 0 Å². The van der Waals surface area contributed by atoms with Crippen LogP contribution in [-0.4, -0.2) is 43.8 Å². The zero-order valence-corrected chi connectivity index (χ0v) is 15.1. The van der Waals surface area contributed by atoms with Crippen LogP contribution in [0.25, 0.3) is 0 Å². The minimum Gasteiger partial charge on any atom is -0.479 e. The number of aromatic nitrogens is 2. The second-order valence-corrected chi connectivity index (χ2v) is 6.48. The van der Waals surface area contributed by atoms with Crippen LogP contribution in [0.4, 0.5) is 0 Å². The smallest absolute Gasteiger partial charge is 0.334 e. The second kappa shape index (κ2) is 8.96. The first kappa shape index (κ1) is 19.3. The molecule has 0 bridgehead atoms. The van der Waals surface area contributed by atoms with Crippen molar-refractivity contribution in [1.82, 2.24) is 14.9 Å². The summed E-state index contributed by atoms with van der Waals surface area (Å²) in [5, 5.41) is 21.8. The number of hydrogen-bond donors (Lipinski definition) is 3. The van der Waals surface area contributed by atoms with E-state index >= 15 is 0 Å². The van der Waals surface area contributed by atoms with E-state index in [-0.39, 0.29) is 6.42 Å². The summed E-state index contributed by atoms with van der Waals surface area (Å²) in [5.74, 6) is -1.81. The molecular formula is C21H21N3O4. The van der Waals surface area contributed by atoms with Gasteiger partial charge in [0.15, 0.2) is 6.10 Å². The highest BCUT2D eigenvalue weighted by atomic mass is 16.4. The number of aliphatic hydroxyl groups excluding tert-OH is 1. The van der Waals surface area contributed by atoms with Crippen molar-refractivity contribution in [3.05, 3.63) is 90.0 Å². The van der Waals surface area contributed by atoms with Crippen molar-refractivity contribution in [3.8, 4) is 0 Å². The molecule has 3 aromatic rings. The van der Waals surface area contributed by atoms with Crippen molar-refractivity contribution in [2.75, 3.05) is 0 Å². The topological polar surface area (TPSA) is 104 Å². The van der Waals surface area contributed by atoms with Crippen molar-refractivity contribution < 1.29 is 19.8 Å². The minimum atomic E-state index is -1.70. The van der Waals surface area contributed by atoms with Gasteiger partial charge in [-0.15, -0.1) is 0 Å². The number of aliphatic carboxylic acids is 1. The van der Waals surface area contributed by atoms with Gasteiger partial charge >= 0.3 is 5.97 Å². The summed E-state index contributed by atoms with van der Waals surface area (Å²) in [7, 11) is 0. The third-order valence-corrected chi connectivity index (χ3v) is 4.39. The molecule has 28 heavy (non-hydrogen) atoms. The van der Waals surface area contributed by atoms with E-state index in [1.807, 2.05) is 53.2 Å². The molecule has 0 spiro atoms. The SMILES string of the molecule is O=C(N[C@H](Cc1ccccc1)[C@@H](O)C(=O)O)c1ccc(Cn2ccnc2)cc1. The Hall–Kier alpha value is -3.45. The van der Waals surface area contributed by atoms with Crippen molar-refractivity contribution in [1.29, 1.82) is 0 Å². The van der Waals surface area contributed by atoms with Crippen LogP contribution in [0.3, 0.4) is 0 Å². The van der Waals surface area contributed by atoms with E-state index in [9.17, 15) is 14.7 Å². The molecule has 0 aliphatic heterocycles. The summed E-state index contributed by atoms with van der Waals surface area (Å²) in [6.45, 7) is 0.635. The van der Waals surface area contributed by atoms with Gasteiger partial charge in [0.05, 0.1) is 12.4 Å². The number of nitrogens with one attached hydrogen (secondary N) is 1. The molecule has 2 aromatic carbocycles. The third-order valence-electron chi connectivity index (χ3n) is 4.39. The van der Waals surface area contributed by atoms with Gasteiger partial charge in [-0.1, -0.05) is 42.5 Å². The number of imidazole rings is 1. The maximum atomic E-state index is 12.6. The lowest BCUT2D eigenvalue weighted by molar-refractivity contribution is -0.148. The van der Waals surface area contributed by atoms with E-state index in [1.165, 1.54) is 0 Å². The van der Waals surface area contributed by atoms with Crippen molar-refractivity contribution in [3.63, 3.8) is 0 Å². The Kier molecular flexibility index (Phi) is 6.18. The Bertz CT molecular complexity index is 909. The largest absolute Gasteiger partial charge is 0.479 e. The molecule has 2 atom stereocenters. The molecule has 7 nitrogen and oxygen atoms in total. The highest BCUT2D eigenvalue weighted by Crippen LogP contribution is 2.10. The summed E-state index contributed by atoms with van der Waals surface area (Å²) >= 11 is 0. The molecule has 144 valence electrons. The summed E-state index contributed by atoms with van der Waals surface area (Å²) in [4.78, 5) is 27.8. The van der Waals surface area contributed by atoms with Gasteiger partial charge in [0.25, 0.3) is 5.91 Å². The maximum Gasteiger partial charge on any atom is 0.334 e. The van der Waals surface area contributed by atoms with Gasteiger partial charge in [-0.3, -0.25) is 4.79 Å². The molecule has 3 rings (SSSR count). The molecule has 0 radical (unpaired) electrons. The van der Waals surface area contributed by atoms with E-state index in [0.717, 1.165) is 11.1 Å². The van der Waals surface area contributed by atoms with Gasteiger partial charge < -0.3 is 20.1 Å². The van der Waals surface area contributed by atoms with E-state index < -0.39 is 24.0 Å². The summed E-state index contributed by atoms with van der Waals surface area (Å²) in [6.07, 6.45) is 3.76. The van der Waals surface area contributed by atoms with Crippen LogP contribution in [0.1, 0.15) is 21.5 Å². The zero-order chi connectivity index (χ0) is 19.9. The van der Waals surface area contributed by atoms with Crippen LogP contribution < -0.4 is 5.32 Å². The molecule has 0 saturated carbocycles. The molecule has 0 fully saturated rings. The van der Waals surface area contributed by atoms with Gasteiger partial charge in [0, 0.05) is 24.5 Å². The first-order valence-electron chi connectivity index (χ1n) is 8.83. The van der Waals surface area contributed by atoms with E-state index in [0.29, 0.717) is 12.1 Å². The van der Waals surface area contributed by atoms with Crippen molar-refractivity contribution >= 4 is 11.9 Å². The van der Waals surface area contributed by atoms with Crippen LogP contribution in [0.2, 0.25) is 0 Å². The number of carbonyl (C=O) groups is 2. The number of benzene rings is 2. The molecule has 0 unspecified atom stereocenters. The molecule has 3 N–H and O–H groups in total. The summed E-state index contributed by atoms with van der Waals surface area (Å²) in [5.41, 5.74) is 2.22. The maximum absolute atomic E-state index is 12.6. The number of rotatable bonds is 8. The van der Waals surface area contributed by atoms with Gasteiger partial charge in [-0.05, 0) is 29.7 Å². The van der Waals surface area contributed by atoms with Crippen LogP contribution in [0.5, 0.6) is 0 Å². The predicted molar refractivity (Wildman–Crippen MR) is 103 cm³/mol. The van der Waals surface area contributed by atoms with Crippen molar-refractivity contribution in [2.45, 2.75) is 25.1 Å². The summed E-state index contributed by atoms with van der Waals surface area (Å²) in [6, 6.07) is 15.2. The lowest BCUT2D eigenvalue weighted by Gasteiger charge is -2.21.